The molecule has 0 heterocycles. The maximum absolute atomic E-state index is 12.3. The molecule has 0 fully saturated rings. The summed E-state index contributed by atoms with van der Waals surface area (Å²) >= 11 is 7.55. The van der Waals surface area contributed by atoms with E-state index in [2.05, 4.69) is 11.9 Å². The molecule has 2 aromatic rings. The lowest BCUT2D eigenvalue weighted by Crippen LogP contribution is -2.12. The summed E-state index contributed by atoms with van der Waals surface area (Å²) < 4.78 is 0. The third kappa shape index (κ3) is 4.03. The summed E-state index contributed by atoms with van der Waals surface area (Å²) in [6.07, 6.45) is 1.82. The van der Waals surface area contributed by atoms with Crippen LogP contribution in [0.15, 0.2) is 60.0 Å². The summed E-state index contributed by atoms with van der Waals surface area (Å²) in [6, 6.07) is 12.5. The van der Waals surface area contributed by atoms with Gasteiger partial charge in [-0.05, 0) is 30.3 Å². The van der Waals surface area contributed by atoms with Crippen LogP contribution >= 0.6 is 23.4 Å². The van der Waals surface area contributed by atoms with Crippen molar-refractivity contribution in [2.45, 2.75) is 4.90 Å². The van der Waals surface area contributed by atoms with Crippen LogP contribution < -0.4 is 11.1 Å². The number of benzene rings is 2. The lowest BCUT2D eigenvalue weighted by Gasteiger charge is -2.10. The van der Waals surface area contributed by atoms with Crippen molar-refractivity contribution in [3.8, 4) is 0 Å². The number of nitrogens with two attached hydrogens (primary N) is 1. The largest absolute Gasteiger partial charge is 0.398 e. The minimum atomic E-state index is -0.219. The zero-order chi connectivity index (χ0) is 15.2. The van der Waals surface area contributed by atoms with Crippen molar-refractivity contribution in [1.82, 2.24) is 0 Å². The number of anilines is 2. The predicted octanol–water partition coefficient (Wildman–Crippen LogP) is 4.45. The van der Waals surface area contributed by atoms with E-state index in [0.717, 1.165) is 16.3 Å². The van der Waals surface area contributed by atoms with Gasteiger partial charge in [-0.25, -0.2) is 0 Å². The molecule has 1 amide bonds. The molecule has 2 rings (SSSR count). The van der Waals surface area contributed by atoms with E-state index in [1.165, 1.54) is 0 Å². The molecular weight excluding hydrogens is 304 g/mol. The summed E-state index contributed by atoms with van der Waals surface area (Å²) in [5.74, 6) is 0.559. The maximum atomic E-state index is 12.3. The van der Waals surface area contributed by atoms with Gasteiger partial charge in [0.25, 0.3) is 5.91 Å². The molecule has 3 N–H and O–H groups in total. The molecule has 0 aliphatic heterocycles. The Hall–Kier alpha value is -1.91. The first-order valence-electron chi connectivity index (χ1n) is 6.31. The Morgan fingerprint density at radius 2 is 2.10 bits per heavy atom. The van der Waals surface area contributed by atoms with E-state index in [4.69, 9.17) is 17.3 Å². The quantitative estimate of drug-likeness (QED) is 0.486. The molecule has 0 aromatic heterocycles. The van der Waals surface area contributed by atoms with Gasteiger partial charge in [-0.3, -0.25) is 4.79 Å². The average molecular weight is 319 g/mol. The third-order valence-corrected chi connectivity index (χ3v) is 4.15. The fraction of sp³-hybridized carbons (Fsp3) is 0.0625. The molecule has 0 radical (unpaired) electrons. The number of carbonyl (C=O) groups is 1. The van der Waals surface area contributed by atoms with Crippen LogP contribution in [0.25, 0.3) is 0 Å². The van der Waals surface area contributed by atoms with Crippen molar-refractivity contribution >= 4 is 40.6 Å². The molecule has 3 nitrogen and oxygen atoms in total. The summed E-state index contributed by atoms with van der Waals surface area (Å²) in [6.45, 7) is 3.70. The SMILES string of the molecule is C=CCSc1ccccc1NC(=O)c1ccc(N)c(Cl)c1. The Balaban J connectivity index is 2.19. The summed E-state index contributed by atoms with van der Waals surface area (Å²) in [5.41, 5.74) is 7.33. The minimum Gasteiger partial charge on any atom is -0.398 e. The van der Waals surface area contributed by atoms with Crippen molar-refractivity contribution in [2.75, 3.05) is 16.8 Å². The van der Waals surface area contributed by atoms with Crippen LogP contribution in [-0.4, -0.2) is 11.7 Å². The second-order valence-electron chi connectivity index (χ2n) is 4.29. The first-order valence-corrected chi connectivity index (χ1v) is 7.67. The number of amides is 1. The number of nitrogen functional groups attached to an aromatic ring is 1. The molecule has 108 valence electrons. The van der Waals surface area contributed by atoms with Crippen LogP contribution in [0.3, 0.4) is 0 Å². The second kappa shape index (κ2) is 7.20. The summed E-state index contributed by atoms with van der Waals surface area (Å²) in [5, 5.41) is 3.26. The van der Waals surface area contributed by atoms with E-state index in [0.29, 0.717) is 16.3 Å². The number of nitrogens with one attached hydrogen (secondary N) is 1. The van der Waals surface area contributed by atoms with Gasteiger partial charge >= 0.3 is 0 Å². The van der Waals surface area contributed by atoms with E-state index in [9.17, 15) is 4.79 Å². The Morgan fingerprint density at radius 3 is 2.81 bits per heavy atom. The fourth-order valence-electron chi connectivity index (χ4n) is 1.71. The van der Waals surface area contributed by atoms with Gasteiger partial charge < -0.3 is 11.1 Å². The smallest absolute Gasteiger partial charge is 0.255 e. The van der Waals surface area contributed by atoms with Crippen molar-refractivity contribution in [1.29, 1.82) is 0 Å². The van der Waals surface area contributed by atoms with Gasteiger partial charge in [0.1, 0.15) is 0 Å². The number of para-hydroxylation sites is 1. The second-order valence-corrected chi connectivity index (χ2v) is 5.76. The van der Waals surface area contributed by atoms with Crippen LogP contribution in [-0.2, 0) is 0 Å². The van der Waals surface area contributed by atoms with E-state index in [1.54, 1.807) is 30.0 Å². The van der Waals surface area contributed by atoms with Crippen molar-refractivity contribution in [2.24, 2.45) is 0 Å². The van der Waals surface area contributed by atoms with Crippen molar-refractivity contribution in [3.63, 3.8) is 0 Å². The zero-order valence-corrected chi connectivity index (χ0v) is 12.9. The number of hydrogen-bond donors (Lipinski definition) is 2. The predicted molar refractivity (Wildman–Crippen MR) is 91.2 cm³/mol. The molecule has 0 atom stereocenters. The molecule has 21 heavy (non-hydrogen) atoms. The van der Waals surface area contributed by atoms with Gasteiger partial charge in [-0.2, -0.15) is 0 Å². The molecule has 0 unspecified atom stereocenters. The molecule has 0 spiro atoms. The van der Waals surface area contributed by atoms with E-state index in [1.807, 2.05) is 30.3 Å². The number of thioether (sulfide) groups is 1. The Bertz CT molecular complexity index is 673. The first kappa shape index (κ1) is 15.5. The highest BCUT2D eigenvalue weighted by Crippen LogP contribution is 2.28. The Labute approximate surface area is 133 Å². The molecule has 0 bridgehead atoms. The van der Waals surface area contributed by atoms with Gasteiger partial charge in [0.05, 0.1) is 16.4 Å². The Kier molecular flexibility index (Phi) is 5.31. The molecule has 0 aliphatic rings. The number of halogens is 1. The van der Waals surface area contributed by atoms with E-state index >= 15 is 0 Å². The van der Waals surface area contributed by atoms with Gasteiger partial charge in [-0.15, -0.1) is 18.3 Å². The standard InChI is InChI=1S/C16H15ClN2OS/c1-2-9-21-15-6-4-3-5-14(15)19-16(20)11-7-8-13(18)12(17)10-11/h2-8,10H,1,9,18H2,(H,19,20). The molecular formula is C16H15ClN2OS. The molecule has 0 saturated carbocycles. The lowest BCUT2D eigenvalue weighted by atomic mass is 10.2. The highest BCUT2D eigenvalue weighted by Gasteiger charge is 2.10. The van der Waals surface area contributed by atoms with Gasteiger partial charge in [0.15, 0.2) is 0 Å². The fourth-order valence-corrected chi connectivity index (χ4v) is 2.63. The lowest BCUT2D eigenvalue weighted by molar-refractivity contribution is 0.102. The topological polar surface area (TPSA) is 55.1 Å². The zero-order valence-electron chi connectivity index (χ0n) is 11.3. The molecule has 0 saturated heterocycles. The summed E-state index contributed by atoms with van der Waals surface area (Å²) in [4.78, 5) is 13.3. The van der Waals surface area contributed by atoms with E-state index in [-0.39, 0.29) is 5.91 Å². The molecule has 0 aliphatic carbocycles. The number of carbonyl (C=O) groups excluding carboxylic acids is 1. The monoisotopic (exact) mass is 318 g/mol. The van der Waals surface area contributed by atoms with Gasteiger partial charge in [0, 0.05) is 16.2 Å². The van der Waals surface area contributed by atoms with Crippen molar-refractivity contribution in [3.05, 3.63) is 65.7 Å². The van der Waals surface area contributed by atoms with Crippen LogP contribution in [0.1, 0.15) is 10.4 Å². The maximum Gasteiger partial charge on any atom is 0.255 e. The highest BCUT2D eigenvalue weighted by atomic mass is 35.5. The summed E-state index contributed by atoms with van der Waals surface area (Å²) in [7, 11) is 0. The van der Waals surface area contributed by atoms with Crippen molar-refractivity contribution < 1.29 is 4.79 Å². The molecule has 2 aromatic carbocycles. The first-order chi connectivity index (χ1) is 10.1. The normalized spacial score (nSPS) is 10.1. The van der Waals surface area contributed by atoms with E-state index < -0.39 is 0 Å². The Morgan fingerprint density at radius 1 is 1.33 bits per heavy atom. The van der Waals surface area contributed by atoms with Crippen LogP contribution in [0.5, 0.6) is 0 Å². The number of hydrogen-bond acceptors (Lipinski definition) is 3. The third-order valence-electron chi connectivity index (χ3n) is 2.75. The molecule has 5 heteroatoms. The van der Waals surface area contributed by atoms with Crippen LogP contribution in [0.2, 0.25) is 5.02 Å². The number of rotatable bonds is 5. The average Bonchev–Trinajstić information content (AvgIpc) is 2.49. The highest BCUT2D eigenvalue weighted by molar-refractivity contribution is 7.99. The van der Waals surface area contributed by atoms with Gasteiger partial charge in [0.2, 0.25) is 0 Å². The van der Waals surface area contributed by atoms with Gasteiger partial charge in [-0.1, -0.05) is 29.8 Å². The van der Waals surface area contributed by atoms with Crippen LogP contribution in [0, 0.1) is 0 Å². The minimum absolute atomic E-state index is 0.219. The van der Waals surface area contributed by atoms with Crippen LogP contribution in [0.4, 0.5) is 11.4 Å².